The predicted octanol–water partition coefficient (Wildman–Crippen LogP) is 2.17. The van der Waals surface area contributed by atoms with Crippen molar-refractivity contribution in [3.63, 3.8) is 0 Å². The lowest BCUT2D eigenvalue weighted by molar-refractivity contribution is -0.384. The highest BCUT2D eigenvalue weighted by Gasteiger charge is 2.14. The fourth-order valence-electron chi connectivity index (χ4n) is 1.51. The molecule has 1 N–H and O–H groups in total. The Labute approximate surface area is 117 Å². The summed E-state index contributed by atoms with van der Waals surface area (Å²) in [4.78, 5) is 10.3. The number of hydrogen-bond acceptors (Lipinski definition) is 6. The molecule has 19 heavy (non-hydrogen) atoms. The van der Waals surface area contributed by atoms with E-state index < -0.39 is 4.92 Å². The average molecular weight is 327 g/mol. The molecule has 0 fully saturated rings. The predicted molar refractivity (Wildman–Crippen MR) is 71.7 cm³/mol. The van der Waals surface area contributed by atoms with Gasteiger partial charge in [0.05, 0.1) is 4.92 Å². The van der Waals surface area contributed by atoms with E-state index in [0.29, 0.717) is 22.3 Å². The molecule has 0 saturated heterocycles. The molecule has 0 radical (unpaired) electrons. The summed E-state index contributed by atoms with van der Waals surface area (Å²) >= 11 is 3.22. The first kappa shape index (κ1) is 13.6. The third kappa shape index (κ3) is 3.36. The molecule has 8 heteroatoms. The maximum Gasteiger partial charge on any atom is 0.271 e. The lowest BCUT2D eigenvalue weighted by atomic mass is 10.2. The molecule has 0 spiro atoms. The first-order valence-corrected chi connectivity index (χ1v) is 6.32. The average Bonchev–Trinajstić information content (AvgIpc) is 2.84. The van der Waals surface area contributed by atoms with Crippen LogP contribution in [0.3, 0.4) is 0 Å². The first-order chi connectivity index (χ1) is 9.10. The third-order valence-electron chi connectivity index (χ3n) is 2.40. The Morgan fingerprint density at radius 3 is 2.89 bits per heavy atom. The number of aromatic nitrogens is 2. The number of nitrogens with zero attached hydrogens (tertiary/aromatic N) is 3. The number of benzene rings is 1. The largest absolute Gasteiger partial charge is 0.421 e. The van der Waals surface area contributed by atoms with Gasteiger partial charge < -0.3 is 9.73 Å². The van der Waals surface area contributed by atoms with Crippen molar-refractivity contribution in [2.75, 3.05) is 13.6 Å². The Morgan fingerprint density at radius 1 is 1.42 bits per heavy atom. The summed E-state index contributed by atoms with van der Waals surface area (Å²) in [6.07, 6.45) is 0.611. The van der Waals surface area contributed by atoms with E-state index in [9.17, 15) is 10.1 Å². The monoisotopic (exact) mass is 326 g/mol. The van der Waals surface area contributed by atoms with Gasteiger partial charge in [0.15, 0.2) is 0 Å². The van der Waals surface area contributed by atoms with Gasteiger partial charge in [-0.3, -0.25) is 10.1 Å². The van der Waals surface area contributed by atoms with Gasteiger partial charge in [-0.25, -0.2) is 0 Å². The van der Waals surface area contributed by atoms with E-state index in [4.69, 9.17) is 4.42 Å². The van der Waals surface area contributed by atoms with Crippen LogP contribution in [0.4, 0.5) is 5.69 Å². The number of nitro benzene ring substituents is 1. The van der Waals surface area contributed by atoms with Crippen molar-refractivity contribution in [2.24, 2.45) is 0 Å². The zero-order chi connectivity index (χ0) is 13.8. The third-order valence-corrected chi connectivity index (χ3v) is 2.85. The molecule has 0 aliphatic heterocycles. The summed E-state index contributed by atoms with van der Waals surface area (Å²) in [5.74, 6) is 0.766. The first-order valence-electron chi connectivity index (χ1n) is 5.52. The van der Waals surface area contributed by atoms with Gasteiger partial charge in [0, 0.05) is 35.1 Å². The van der Waals surface area contributed by atoms with Crippen molar-refractivity contribution in [2.45, 2.75) is 6.42 Å². The standard InChI is InChI=1S/C11H11BrN4O3/c1-13-3-2-10-14-15-11(19-10)7-4-8(12)6-9(5-7)16(17)18/h4-6,13H,2-3H2,1H3. The van der Waals surface area contributed by atoms with Crippen LogP contribution >= 0.6 is 15.9 Å². The maximum absolute atomic E-state index is 10.8. The molecule has 0 unspecified atom stereocenters. The van der Waals surface area contributed by atoms with Crippen LogP contribution in [0.2, 0.25) is 0 Å². The lowest BCUT2D eigenvalue weighted by Crippen LogP contribution is -2.10. The van der Waals surface area contributed by atoms with Crippen LogP contribution in [0.1, 0.15) is 5.89 Å². The zero-order valence-corrected chi connectivity index (χ0v) is 11.7. The van der Waals surface area contributed by atoms with Crippen molar-refractivity contribution in [3.8, 4) is 11.5 Å². The minimum absolute atomic E-state index is 0.0284. The fraction of sp³-hybridized carbons (Fsp3) is 0.273. The zero-order valence-electron chi connectivity index (χ0n) is 10.1. The van der Waals surface area contributed by atoms with E-state index >= 15 is 0 Å². The van der Waals surface area contributed by atoms with Crippen LogP contribution in [0.25, 0.3) is 11.5 Å². The summed E-state index contributed by atoms with van der Waals surface area (Å²) in [7, 11) is 1.83. The maximum atomic E-state index is 10.8. The van der Waals surface area contributed by atoms with E-state index in [0.717, 1.165) is 6.54 Å². The topological polar surface area (TPSA) is 94.1 Å². The van der Waals surface area contributed by atoms with Gasteiger partial charge in [-0.15, -0.1) is 10.2 Å². The van der Waals surface area contributed by atoms with Gasteiger partial charge in [0.1, 0.15) is 0 Å². The normalized spacial score (nSPS) is 10.6. The SMILES string of the molecule is CNCCc1nnc(-c2cc(Br)cc([N+](=O)[O-])c2)o1. The van der Waals surface area contributed by atoms with Crippen molar-refractivity contribution >= 4 is 21.6 Å². The van der Waals surface area contributed by atoms with Crippen molar-refractivity contribution in [1.82, 2.24) is 15.5 Å². The van der Waals surface area contributed by atoms with Gasteiger partial charge in [-0.05, 0) is 13.1 Å². The van der Waals surface area contributed by atoms with Crippen LogP contribution < -0.4 is 5.32 Å². The number of rotatable bonds is 5. The summed E-state index contributed by atoms with van der Waals surface area (Å²) in [6.45, 7) is 0.722. The van der Waals surface area contributed by atoms with Gasteiger partial charge in [0.2, 0.25) is 11.8 Å². The van der Waals surface area contributed by atoms with Crippen LogP contribution in [0, 0.1) is 10.1 Å². The minimum Gasteiger partial charge on any atom is -0.421 e. The second kappa shape index (κ2) is 5.89. The van der Waals surface area contributed by atoms with E-state index in [1.54, 1.807) is 6.07 Å². The second-order valence-electron chi connectivity index (χ2n) is 3.81. The van der Waals surface area contributed by atoms with Crippen molar-refractivity contribution in [3.05, 3.63) is 38.7 Å². The van der Waals surface area contributed by atoms with Crippen molar-refractivity contribution in [1.29, 1.82) is 0 Å². The molecule has 0 aliphatic rings. The molecule has 0 aliphatic carbocycles. The minimum atomic E-state index is -0.466. The Bertz CT molecular complexity index is 599. The number of nitrogens with one attached hydrogen (secondary N) is 1. The van der Waals surface area contributed by atoms with E-state index in [2.05, 4.69) is 31.4 Å². The number of nitro groups is 1. The Balaban J connectivity index is 2.30. The molecule has 7 nitrogen and oxygen atoms in total. The molecule has 100 valence electrons. The summed E-state index contributed by atoms with van der Waals surface area (Å²) in [5, 5.41) is 21.6. The van der Waals surface area contributed by atoms with E-state index in [1.165, 1.54) is 12.1 Å². The Morgan fingerprint density at radius 2 is 2.21 bits per heavy atom. The number of non-ortho nitro benzene ring substituents is 1. The lowest BCUT2D eigenvalue weighted by Gasteiger charge is -1.97. The second-order valence-corrected chi connectivity index (χ2v) is 4.73. The molecule has 0 saturated carbocycles. The van der Waals surface area contributed by atoms with E-state index in [-0.39, 0.29) is 11.6 Å². The quantitative estimate of drug-likeness (QED) is 0.668. The molecule has 1 aromatic heterocycles. The van der Waals surface area contributed by atoms with E-state index in [1.807, 2.05) is 7.05 Å². The highest BCUT2D eigenvalue weighted by atomic mass is 79.9. The van der Waals surface area contributed by atoms with Crippen LogP contribution in [0.15, 0.2) is 27.1 Å². The van der Waals surface area contributed by atoms with Crippen LogP contribution in [-0.4, -0.2) is 28.7 Å². The highest BCUT2D eigenvalue weighted by molar-refractivity contribution is 9.10. The molecule has 1 aromatic carbocycles. The van der Waals surface area contributed by atoms with Gasteiger partial charge in [-0.1, -0.05) is 15.9 Å². The Hall–Kier alpha value is -1.80. The van der Waals surface area contributed by atoms with Crippen LogP contribution in [0.5, 0.6) is 0 Å². The summed E-state index contributed by atoms with van der Waals surface area (Å²) in [5.41, 5.74) is 0.489. The fourth-order valence-corrected chi connectivity index (χ4v) is 1.99. The molecule has 0 amide bonds. The number of halogens is 1. The molecule has 2 rings (SSSR count). The molecular weight excluding hydrogens is 316 g/mol. The highest BCUT2D eigenvalue weighted by Crippen LogP contribution is 2.27. The number of hydrogen-bond donors (Lipinski definition) is 1. The van der Waals surface area contributed by atoms with Gasteiger partial charge in [-0.2, -0.15) is 0 Å². The Kier molecular flexibility index (Phi) is 4.23. The molecule has 1 heterocycles. The molecule has 2 aromatic rings. The number of likely N-dealkylation sites (N-methyl/N-ethyl adjacent to an activating group) is 1. The van der Waals surface area contributed by atoms with Crippen molar-refractivity contribution < 1.29 is 9.34 Å². The van der Waals surface area contributed by atoms with Gasteiger partial charge in [0.25, 0.3) is 5.69 Å². The molecule has 0 atom stereocenters. The van der Waals surface area contributed by atoms with Crippen LogP contribution in [-0.2, 0) is 6.42 Å². The smallest absolute Gasteiger partial charge is 0.271 e. The molecule has 0 bridgehead atoms. The molecular formula is C11H11BrN4O3. The summed E-state index contributed by atoms with van der Waals surface area (Å²) in [6, 6.07) is 4.52. The van der Waals surface area contributed by atoms with Gasteiger partial charge >= 0.3 is 0 Å². The summed E-state index contributed by atoms with van der Waals surface area (Å²) < 4.78 is 6.05.